The minimum atomic E-state index is -0.870. The average Bonchev–Trinajstić information content (AvgIpc) is 2.95. The summed E-state index contributed by atoms with van der Waals surface area (Å²) >= 11 is 0. The van der Waals surface area contributed by atoms with E-state index in [2.05, 4.69) is 16.0 Å². The Bertz CT molecular complexity index is 1220. The molecule has 3 rings (SSSR count). The van der Waals surface area contributed by atoms with Gasteiger partial charge in [-0.2, -0.15) is 0 Å². The monoisotopic (exact) mass is 531 g/mol. The van der Waals surface area contributed by atoms with Crippen LogP contribution in [-0.2, 0) is 27.5 Å². The lowest BCUT2D eigenvalue weighted by atomic mass is 10.1. The number of rotatable bonds is 13. The second-order valence-electron chi connectivity index (χ2n) is 8.87. The maximum absolute atomic E-state index is 13.0. The number of alkyl carbamates (subject to hydrolysis) is 2. The fourth-order valence-electron chi connectivity index (χ4n) is 3.63. The molecule has 0 aliphatic heterocycles. The largest absolute Gasteiger partial charge is 0.445 e. The van der Waals surface area contributed by atoms with Crippen molar-refractivity contribution in [1.29, 1.82) is 0 Å². The molecule has 39 heavy (non-hydrogen) atoms. The van der Waals surface area contributed by atoms with Gasteiger partial charge in [0.05, 0.1) is 0 Å². The highest BCUT2D eigenvalue weighted by Gasteiger charge is 2.21. The van der Waals surface area contributed by atoms with E-state index in [9.17, 15) is 19.2 Å². The summed E-state index contributed by atoms with van der Waals surface area (Å²) in [4.78, 5) is 48.9. The number of ketones is 1. The molecule has 0 aliphatic rings. The van der Waals surface area contributed by atoms with Crippen LogP contribution in [0.3, 0.4) is 0 Å². The Hall–Kier alpha value is -4.66. The molecule has 9 nitrogen and oxygen atoms in total. The first kappa shape index (κ1) is 28.9. The molecule has 0 saturated heterocycles. The standard InChI is InChI=1S/C30H33N3O6/c1-22(34)25-15-17-26(18-16-25)32-28(35)27(33-30(37)39-21-24-12-6-3-7-13-24)14-8-9-19-31-29(36)38-20-23-10-4-2-5-11-23/h2-7,10-13,15-18,27H,8-9,14,19-21H2,1H3,(H,31,36)(H,32,35)(H,33,37). The van der Waals surface area contributed by atoms with Gasteiger partial charge in [-0.05, 0) is 61.6 Å². The Kier molecular flexibility index (Phi) is 11.5. The van der Waals surface area contributed by atoms with Gasteiger partial charge in [-0.15, -0.1) is 0 Å². The van der Waals surface area contributed by atoms with Gasteiger partial charge in [0.2, 0.25) is 5.91 Å². The molecule has 0 spiro atoms. The summed E-state index contributed by atoms with van der Waals surface area (Å²) in [5.74, 6) is -0.497. The molecule has 3 N–H and O–H groups in total. The van der Waals surface area contributed by atoms with E-state index in [0.717, 1.165) is 11.1 Å². The van der Waals surface area contributed by atoms with Crippen molar-refractivity contribution in [2.24, 2.45) is 0 Å². The van der Waals surface area contributed by atoms with Crippen LogP contribution in [0.15, 0.2) is 84.9 Å². The molecular formula is C30H33N3O6. The number of anilines is 1. The maximum Gasteiger partial charge on any atom is 0.408 e. The highest BCUT2D eigenvalue weighted by molar-refractivity contribution is 5.98. The van der Waals surface area contributed by atoms with Crippen molar-refractivity contribution in [1.82, 2.24) is 10.6 Å². The van der Waals surface area contributed by atoms with Crippen LogP contribution in [0.2, 0.25) is 0 Å². The van der Waals surface area contributed by atoms with E-state index in [1.165, 1.54) is 6.92 Å². The molecule has 0 heterocycles. The highest BCUT2D eigenvalue weighted by Crippen LogP contribution is 2.12. The molecule has 0 aromatic heterocycles. The number of nitrogens with one attached hydrogen (secondary N) is 3. The van der Waals surface area contributed by atoms with Crippen LogP contribution in [0.25, 0.3) is 0 Å². The number of amides is 3. The minimum absolute atomic E-state index is 0.0720. The van der Waals surface area contributed by atoms with Crippen LogP contribution < -0.4 is 16.0 Å². The van der Waals surface area contributed by atoms with Gasteiger partial charge in [0.1, 0.15) is 19.3 Å². The van der Waals surface area contributed by atoms with Gasteiger partial charge in [-0.1, -0.05) is 60.7 Å². The van der Waals surface area contributed by atoms with Crippen LogP contribution in [-0.4, -0.2) is 36.5 Å². The number of Topliss-reactive ketones (excluding diaryl/α,β-unsaturated/α-hetero) is 1. The quantitative estimate of drug-likeness (QED) is 0.205. The summed E-state index contributed by atoms with van der Waals surface area (Å²) in [5, 5.41) is 8.09. The molecule has 0 radical (unpaired) electrons. The molecule has 0 bridgehead atoms. The number of hydrogen-bond acceptors (Lipinski definition) is 6. The van der Waals surface area contributed by atoms with Gasteiger partial charge < -0.3 is 25.4 Å². The van der Waals surface area contributed by atoms with Crippen LogP contribution >= 0.6 is 0 Å². The van der Waals surface area contributed by atoms with E-state index in [-0.39, 0.29) is 19.0 Å². The third kappa shape index (κ3) is 10.7. The predicted octanol–water partition coefficient (Wildman–Crippen LogP) is 5.22. The molecule has 1 atom stereocenters. The van der Waals surface area contributed by atoms with E-state index in [1.807, 2.05) is 60.7 Å². The Balaban J connectivity index is 1.48. The lowest BCUT2D eigenvalue weighted by Crippen LogP contribution is -2.44. The molecule has 0 aliphatic carbocycles. The van der Waals surface area contributed by atoms with Crippen molar-refractivity contribution in [2.75, 3.05) is 11.9 Å². The van der Waals surface area contributed by atoms with Crippen molar-refractivity contribution in [2.45, 2.75) is 45.4 Å². The third-order valence-corrected chi connectivity index (χ3v) is 5.78. The zero-order valence-corrected chi connectivity index (χ0v) is 21.9. The summed E-state index contributed by atoms with van der Waals surface area (Å²) in [6, 6.07) is 24.2. The van der Waals surface area contributed by atoms with Crippen molar-refractivity contribution in [3.05, 3.63) is 102 Å². The van der Waals surface area contributed by atoms with Gasteiger partial charge in [0, 0.05) is 17.8 Å². The zero-order valence-electron chi connectivity index (χ0n) is 21.9. The second-order valence-corrected chi connectivity index (χ2v) is 8.87. The summed E-state index contributed by atoms with van der Waals surface area (Å²) in [6.45, 7) is 2.07. The number of carbonyl (C=O) groups is 4. The number of unbranched alkanes of at least 4 members (excludes halogenated alkanes) is 1. The second kappa shape index (κ2) is 15.6. The molecule has 0 fully saturated rings. The third-order valence-electron chi connectivity index (χ3n) is 5.78. The summed E-state index contributed by atoms with van der Waals surface area (Å²) in [5.41, 5.74) is 2.74. The Morgan fingerprint density at radius 3 is 1.85 bits per heavy atom. The highest BCUT2D eigenvalue weighted by atomic mass is 16.6. The van der Waals surface area contributed by atoms with E-state index >= 15 is 0 Å². The Morgan fingerprint density at radius 1 is 0.718 bits per heavy atom. The minimum Gasteiger partial charge on any atom is -0.445 e. The van der Waals surface area contributed by atoms with Crippen molar-refractivity contribution in [3.63, 3.8) is 0 Å². The first-order valence-electron chi connectivity index (χ1n) is 12.7. The fraction of sp³-hybridized carbons (Fsp3) is 0.267. The van der Waals surface area contributed by atoms with Gasteiger partial charge in [-0.3, -0.25) is 9.59 Å². The van der Waals surface area contributed by atoms with Crippen molar-refractivity contribution in [3.8, 4) is 0 Å². The van der Waals surface area contributed by atoms with Gasteiger partial charge >= 0.3 is 12.2 Å². The van der Waals surface area contributed by atoms with E-state index in [1.54, 1.807) is 24.3 Å². The lowest BCUT2D eigenvalue weighted by molar-refractivity contribution is -0.118. The van der Waals surface area contributed by atoms with E-state index in [4.69, 9.17) is 9.47 Å². The Morgan fingerprint density at radius 2 is 1.28 bits per heavy atom. The topological polar surface area (TPSA) is 123 Å². The molecule has 3 aromatic carbocycles. The predicted molar refractivity (Wildman–Crippen MR) is 147 cm³/mol. The van der Waals surface area contributed by atoms with E-state index in [0.29, 0.717) is 37.1 Å². The van der Waals surface area contributed by atoms with Gasteiger partial charge in [-0.25, -0.2) is 9.59 Å². The van der Waals surface area contributed by atoms with E-state index < -0.39 is 24.1 Å². The van der Waals surface area contributed by atoms with Crippen molar-refractivity contribution >= 4 is 29.6 Å². The molecular weight excluding hydrogens is 498 g/mol. The zero-order chi connectivity index (χ0) is 27.9. The maximum atomic E-state index is 13.0. The molecule has 9 heteroatoms. The SMILES string of the molecule is CC(=O)c1ccc(NC(=O)C(CCCCNC(=O)OCc2ccccc2)NC(=O)OCc2ccccc2)cc1. The molecule has 204 valence electrons. The number of hydrogen-bond donors (Lipinski definition) is 3. The molecule has 3 amide bonds. The smallest absolute Gasteiger partial charge is 0.408 e. The Labute approximate surface area is 227 Å². The van der Waals surface area contributed by atoms with Gasteiger partial charge in [0.15, 0.2) is 5.78 Å². The number of benzene rings is 3. The van der Waals surface area contributed by atoms with Crippen LogP contribution in [0.5, 0.6) is 0 Å². The average molecular weight is 532 g/mol. The molecule has 0 saturated carbocycles. The van der Waals surface area contributed by atoms with Crippen LogP contribution in [0, 0.1) is 0 Å². The number of carbonyl (C=O) groups excluding carboxylic acids is 4. The lowest BCUT2D eigenvalue weighted by Gasteiger charge is -2.18. The van der Waals surface area contributed by atoms with Gasteiger partial charge in [0.25, 0.3) is 0 Å². The van der Waals surface area contributed by atoms with Crippen molar-refractivity contribution < 1.29 is 28.7 Å². The first-order chi connectivity index (χ1) is 18.9. The van der Waals surface area contributed by atoms with Crippen LogP contribution in [0.1, 0.15) is 47.7 Å². The number of ether oxygens (including phenoxy) is 2. The molecule has 3 aromatic rings. The summed E-state index contributed by atoms with van der Waals surface area (Å²) in [7, 11) is 0. The fourth-order valence-corrected chi connectivity index (χ4v) is 3.63. The summed E-state index contributed by atoms with van der Waals surface area (Å²) < 4.78 is 10.5. The normalized spacial score (nSPS) is 11.1. The summed E-state index contributed by atoms with van der Waals surface area (Å²) in [6.07, 6.45) is 0.189. The van der Waals surface area contributed by atoms with Crippen LogP contribution in [0.4, 0.5) is 15.3 Å². The molecule has 1 unspecified atom stereocenters. The first-order valence-corrected chi connectivity index (χ1v) is 12.7.